The first-order valence-electron chi connectivity index (χ1n) is 6.31. The number of nitrogens with one attached hydrogen (secondary N) is 1. The second-order valence-corrected chi connectivity index (χ2v) is 4.56. The molecule has 0 aliphatic rings. The first-order valence-corrected chi connectivity index (χ1v) is 6.72. The summed E-state index contributed by atoms with van der Waals surface area (Å²) in [6, 6.07) is 7.61. The highest BCUT2D eigenvalue weighted by Crippen LogP contribution is 2.20. The summed E-state index contributed by atoms with van der Waals surface area (Å²) in [4.78, 5) is 8.52. The van der Waals surface area contributed by atoms with Crippen molar-refractivity contribution in [3.05, 3.63) is 42.4 Å². The van der Waals surface area contributed by atoms with E-state index in [9.17, 15) is 0 Å². The van der Waals surface area contributed by atoms with Gasteiger partial charge in [-0.1, -0.05) is 19.1 Å². The Morgan fingerprint density at radius 3 is 2.60 bits per heavy atom. The molecule has 2 rings (SSSR count). The van der Waals surface area contributed by atoms with Crippen LogP contribution < -0.4 is 15.8 Å². The first-order chi connectivity index (χ1) is 9.70. The van der Waals surface area contributed by atoms with E-state index in [0.717, 1.165) is 17.9 Å². The number of hydrogen-bond donors (Lipinski definition) is 2. The van der Waals surface area contributed by atoms with Crippen LogP contribution >= 0.6 is 12.2 Å². The van der Waals surface area contributed by atoms with Gasteiger partial charge in [0, 0.05) is 18.1 Å². The molecule has 1 aromatic carbocycles. The topological polar surface area (TPSA) is 73.1 Å². The molecule has 0 aliphatic carbocycles. The zero-order valence-corrected chi connectivity index (χ0v) is 12.0. The van der Waals surface area contributed by atoms with E-state index in [2.05, 4.69) is 22.2 Å². The lowest BCUT2D eigenvalue weighted by molar-refractivity contribution is 0.317. The monoisotopic (exact) mass is 288 g/mol. The largest absolute Gasteiger partial charge is 0.494 e. The summed E-state index contributed by atoms with van der Waals surface area (Å²) in [7, 11) is 0. The van der Waals surface area contributed by atoms with Gasteiger partial charge in [0.05, 0.1) is 6.61 Å². The molecule has 3 N–H and O–H groups in total. The molecule has 1 heterocycles. The van der Waals surface area contributed by atoms with Crippen LogP contribution in [0.1, 0.15) is 19.0 Å². The van der Waals surface area contributed by atoms with E-state index in [1.165, 1.54) is 0 Å². The second-order valence-electron chi connectivity index (χ2n) is 4.12. The van der Waals surface area contributed by atoms with Gasteiger partial charge in [-0.3, -0.25) is 0 Å². The average molecular weight is 288 g/mol. The van der Waals surface area contributed by atoms with Gasteiger partial charge in [0.15, 0.2) is 5.82 Å². The molecule has 0 saturated heterocycles. The van der Waals surface area contributed by atoms with Crippen molar-refractivity contribution in [1.82, 2.24) is 9.97 Å². The number of aromatic nitrogens is 2. The minimum atomic E-state index is 0.212. The normalized spacial score (nSPS) is 10.1. The maximum absolute atomic E-state index is 5.62. The predicted molar refractivity (Wildman–Crippen MR) is 83.4 cm³/mol. The van der Waals surface area contributed by atoms with Crippen LogP contribution in [0.4, 0.5) is 11.5 Å². The second kappa shape index (κ2) is 6.81. The van der Waals surface area contributed by atoms with E-state index in [1.54, 1.807) is 12.4 Å². The molecule has 104 valence electrons. The highest BCUT2D eigenvalue weighted by atomic mass is 32.1. The zero-order chi connectivity index (χ0) is 14.4. The van der Waals surface area contributed by atoms with Crippen LogP contribution in [-0.4, -0.2) is 21.6 Å². The van der Waals surface area contributed by atoms with Gasteiger partial charge in [-0.2, -0.15) is 0 Å². The Morgan fingerprint density at radius 1 is 1.25 bits per heavy atom. The van der Waals surface area contributed by atoms with E-state index in [4.69, 9.17) is 22.7 Å². The molecule has 0 spiro atoms. The Kier molecular flexibility index (Phi) is 4.84. The standard InChI is InChI=1S/C14H16N4OS/c1-2-9-19-11-5-3-10(4-6-11)18-14-12(13(15)20)16-7-8-17-14/h3-8H,2,9H2,1H3,(H2,15,20)(H,17,18). The Hall–Kier alpha value is -2.21. The summed E-state index contributed by atoms with van der Waals surface area (Å²) in [5.74, 6) is 1.38. The highest BCUT2D eigenvalue weighted by molar-refractivity contribution is 7.80. The number of thiocarbonyl (C=S) groups is 1. The van der Waals surface area contributed by atoms with Crippen molar-refractivity contribution in [3.8, 4) is 5.75 Å². The smallest absolute Gasteiger partial charge is 0.159 e. The van der Waals surface area contributed by atoms with Gasteiger partial charge in [-0.15, -0.1) is 0 Å². The number of benzene rings is 1. The molecule has 0 bridgehead atoms. The summed E-state index contributed by atoms with van der Waals surface area (Å²) in [5, 5.41) is 3.14. The van der Waals surface area contributed by atoms with Gasteiger partial charge in [0.25, 0.3) is 0 Å². The van der Waals surface area contributed by atoms with Crippen molar-refractivity contribution >= 4 is 28.7 Å². The molecule has 0 amide bonds. The quantitative estimate of drug-likeness (QED) is 0.796. The highest BCUT2D eigenvalue weighted by Gasteiger charge is 2.07. The van der Waals surface area contributed by atoms with Crippen molar-refractivity contribution in [3.63, 3.8) is 0 Å². The third-order valence-corrected chi connectivity index (χ3v) is 2.71. The lowest BCUT2D eigenvalue weighted by Crippen LogP contribution is -2.14. The maximum atomic E-state index is 5.62. The van der Waals surface area contributed by atoms with Crippen molar-refractivity contribution in [2.45, 2.75) is 13.3 Å². The molecule has 0 atom stereocenters. The molecule has 1 aromatic heterocycles. The molecular formula is C14H16N4OS. The van der Waals surface area contributed by atoms with Crippen LogP contribution in [0.15, 0.2) is 36.7 Å². The maximum Gasteiger partial charge on any atom is 0.159 e. The summed E-state index contributed by atoms with van der Waals surface area (Å²) in [6.45, 7) is 2.78. The third-order valence-electron chi connectivity index (χ3n) is 2.52. The fourth-order valence-electron chi connectivity index (χ4n) is 1.60. The van der Waals surface area contributed by atoms with Crippen LogP contribution in [0, 0.1) is 0 Å². The number of rotatable bonds is 6. The Bertz CT molecular complexity index is 586. The van der Waals surface area contributed by atoms with E-state index in [-0.39, 0.29) is 4.99 Å². The van der Waals surface area contributed by atoms with Gasteiger partial charge in [0.2, 0.25) is 0 Å². The summed E-state index contributed by atoms with van der Waals surface area (Å²) < 4.78 is 5.53. The molecular weight excluding hydrogens is 272 g/mol. The predicted octanol–water partition coefficient (Wildman–Crippen LogP) is 2.64. The molecule has 0 aliphatic heterocycles. The van der Waals surface area contributed by atoms with E-state index in [1.807, 2.05) is 24.3 Å². The van der Waals surface area contributed by atoms with Crippen LogP contribution in [0.5, 0.6) is 5.75 Å². The van der Waals surface area contributed by atoms with Gasteiger partial charge < -0.3 is 15.8 Å². The van der Waals surface area contributed by atoms with Crippen molar-refractivity contribution in [2.75, 3.05) is 11.9 Å². The molecule has 0 saturated carbocycles. The van der Waals surface area contributed by atoms with Crippen LogP contribution in [-0.2, 0) is 0 Å². The lowest BCUT2D eigenvalue weighted by Gasteiger charge is -2.10. The van der Waals surface area contributed by atoms with Crippen molar-refractivity contribution in [2.24, 2.45) is 5.73 Å². The van der Waals surface area contributed by atoms with Crippen LogP contribution in [0.3, 0.4) is 0 Å². The van der Waals surface area contributed by atoms with E-state index < -0.39 is 0 Å². The van der Waals surface area contributed by atoms with Crippen molar-refractivity contribution in [1.29, 1.82) is 0 Å². The fraction of sp³-hybridized carbons (Fsp3) is 0.214. The van der Waals surface area contributed by atoms with Crippen LogP contribution in [0.2, 0.25) is 0 Å². The van der Waals surface area contributed by atoms with E-state index in [0.29, 0.717) is 18.1 Å². The number of hydrogen-bond acceptors (Lipinski definition) is 5. The van der Waals surface area contributed by atoms with Crippen LogP contribution in [0.25, 0.3) is 0 Å². The molecule has 6 heteroatoms. The molecule has 5 nitrogen and oxygen atoms in total. The minimum absolute atomic E-state index is 0.212. The van der Waals surface area contributed by atoms with Gasteiger partial charge in [-0.05, 0) is 30.7 Å². The Balaban J connectivity index is 2.12. The van der Waals surface area contributed by atoms with Gasteiger partial charge >= 0.3 is 0 Å². The Labute approximate surface area is 123 Å². The number of anilines is 2. The fourth-order valence-corrected chi connectivity index (χ4v) is 1.75. The van der Waals surface area contributed by atoms with Gasteiger partial charge in [0.1, 0.15) is 16.4 Å². The Morgan fingerprint density at radius 2 is 1.95 bits per heavy atom. The number of nitrogens with two attached hydrogens (primary N) is 1. The number of ether oxygens (including phenoxy) is 1. The minimum Gasteiger partial charge on any atom is -0.494 e. The molecule has 2 aromatic rings. The lowest BCUT2D eigenvalue weighted by atomic mass is 10.3. The molecule has 20 heavy (non-hydrogen) atoms. The van der Waals surface area contributed by atoms with E-state index >= 15 is 0 Å². The van der Waals surface area contributed by atoms with Crippen molar-refractivity contribution < 1.29 is 4.74 Å². The molecule has 0 unspecified atom stereocenters. The number of nitrogens with zero attached hydrogens (tertiary/aromatic N) is 2. The molecule has 0 fully saturated rings. The van der Waals surface area contributed by atoms with Gasteiger partial charge in [-0.25, -0.2) is 9.97 Å². The zero-order valence-electron chi connectivity index (χ0n) is 11.2. The molecule has 0 radical (unpaired) electrons. The SMILES string of the molecule is CCCOc1ccc(Nc2nccnc2C(N)=S)cc1. The summed E-state index contributed by atoms with van der Waals surface area (Å²) in [5.41, 5.74) is 6.96. The average Bonchev–Trinajstić information content (AvgIpc) is 2.47. The first kappa shape index (κ1) is 14.2. The summed E-state index contributed by atoms with van der Waals surface area (Å²) in [6.07, 6.45) is 4.13. The summed E-state index contributed by atoms with van der Waals surface area (Å²) >= 11 is 4.95. The third kappa shape index (κ3) is 3.64.